The SMILES string of the molecule is CO[C@@]12CC[C@@H](NC(C)=O)C[C@@H]1N(Cc1cc(=O)c3cccc(F)c3[nH]1)CC2. The maximum absolute atomic E-state index is 14.2. The van der Waals surface area contributed by atoms with Gasteiger partial charge in [-0.1, -0.05) is 6.07 Å². The summed E-state index contributed by atoms with van der Waals surface area (Å²) in [6, 6.07) is 6.36. The quantitative estimate of drug-likeness (QED) is 0.844. The molecule has 0 spiro atoms. The van der Waals surface area contributed by atoms with Gasteiger partial charge in [0, 0.05) is 56.4 Å². The van der Waals surface area contributed by atoms with Crippen LogP contribution in [-0.4, -0.2) is 47.1 Å². The standard InChI is InChI=1S/C21H26FN3O3/c1-13(26)23-14-6-7-21(28-2)8-9-25(19(21)11-14)12-15-10-18(27)16-4-3-5-17(22)20(16)24-15/h3-5,10,14,19H,6-9,11-12H2,1-2H3,(H,23,26)(H,24,27)/t14-,19+,21-/m1/s1. The number of para-hydroxylation sites is 1. The number of likely N-dealkylation sites (tertiary alicyclic amines) is 1. The molecule has 6 nitrogen and oxygen atoms in total. The minimum atomic E-state index is -0.424. The van der Waals surface area contributed by atoms with E-state index in [0.717, 1.165) is 32.2 Å². The number of hydrogen-bond acceptors (Lipinski definition) is 4. The van der Waals surface area contributed by atoms with Crippen LogP contribution < -0.4 is 10.7 Å². The zero-order valence-corrected chi connectivity index (χ0v) is 16.3. The fraction of sp³-hybridized carbons (Fsp3) is 0.524. The van der Waals surface area contributed by atoms with E-state index in [1.807, 2.05) is 0 Å². The first kappa shape index (κ1) is 19.1. The zero-order chi connectivity index (χ0) is 19.9. The molecule has 1 saturated heterocycles. The number of ether oxygens (including phenoxy) is 1. The number of H-pyrrole nitrogens is 1. The van der Waals surface area contributed by atoms with E-state index in [4.69, 9.17) is 4.74 Å². The van der Waals surface area contributed by atoms with Crippen LogP contribution in [0.5, 0.6) is 0 Å². The summed E-state index contributed by atoms with van der Waals surface area (Å²) in [7, 11) is 1.75. The van der Waals surface area contributed by atoms with Gasteiger partial charge in [-0.3, -0.25) is 14.5 Å². The summed E-state index contributed by atoms with van der Waals surface area (Å²) >= 11 is 0. The second-order valence-electron chi connectivity index (χ2n) is 8.00. The summed E-state index contributed by atoms with van der Waals surface area (Å²) in [4.78, 5) is 29.3. The number of rotatable bonds is 4. The van der Waals surface area contributed by atoms with Crippen LogP contribution in [0, 0.1) is 5.82 Å². The number of hydrogen-bond donors (Lipinski definition) is 2. The number of nitrogens with one attached hydrogen (secondary N) is 2. The number of methoxy groups -OCH3 is 1. The Kier molecular flexibility index (Phi) is 4.97. The van der Waals surface area contributed by atoms with Crippen molar-refractivity contribution >= 4 is 16.8 Å². The van der Waals surface area contributed by atoms with Crippen molar-refractivity contribution in [1.29, 1.82) is 0 Å². The van der Waals surface area contributed by atoms with E-state index in [0.29, 0.717) is 17.6 Å². The van der Waals surface area contributed by atoms with E-state index in [1.54, 1.807) is 32.2 Å². The maximum atomic E-state index is 14.2. The highest BCUT2D eigenvalue weighted by atomic mass is 19.1. The summed E-state index contributed by atoms with van der Waals surface area (Å²) in [5, 5.41) is 3.39. The molecule has 0 radical (unpaired) electrons. The maximum Gasteiger partial charge on any atom is 0.217 e. The monoisotopic (exact) mass is 387 g/mol. The van der Waals surface area contributed by atoms with Gasteiger partial charge >= 0.3 is 0 Å². The summed E-state index contributed by atoms with van der Waals surface area (Å²) in [5.41, 5.74) is 0.538. The van der Waals surface area contributed by atoms with E-state index in [2.05, 4.69) is 15.2 Å². The van der Waals surface area contributed by atoms with Crippen LogP contribution in [0.25, 0.3) is 10.9 Å². The predicted molar refractivity (Wildman–Crippen MR) is 105 cm³/mol. The van der Waals surface area contributed by atoms with Gasteiger partial charge in [-0.25, -0.2) is 4.39 Å². The highest BCUT2D eigenvalue weighted by Gasteiger charge is 2.51. The Balaban J connectivity index is 1.61. The minimum Gasteiger partial charge on any atom is -0.377 e. The van der Waals surface area contributed by atoms with Crippen molar-refractivity contribution in [2.45, 2.75) is 56.8 Å². The van der Waals surface area contributed by atoms with Gasteiger partial charge in [0.15, 0.2) is 5.43 Å². The Morgan fingerprint density at radius 3 is 3.00 bits per heavy atom. The lowest BCUT2D eigenvalue weighted by molar-refractivity contribution is -0.121. The highest BCUT2D eigenvalue weighted by molar-refractivity contribution is 5.79. The molecule has 1 aliphatic heterocycles. The van der Waals surface area contributed by atoms with Crippen molar-refractivity contribution in [2.75, 3.05) is 13.7 Å². The largest absolute Gasteiger partial charge is 0.377 e. The lowest BCUT2D eigenvalue weighted by Gasteiger charge is -2.44. The van der Waals surface area contributed by atoms with Gasteiger partial charge in [0.1, 0.15) is 5.82 Å². The van der Waals surface area contributed by atoms with E-state index in [-0.39, 0.29) is 34.5 Å². The number of fused-ring (bicyclic) bond motifs is 2. The molecule has 3 atom stereocenters. The number of carbonyl (C=O) groups is 1. The number of pyridine rings is 1. The van der Waals surface area contributed by atoms with Crippen LogP contribution in [0.2, 0.25) is 0 Å². The van der Waals surface area contributed by atoms with Gasteiger partial charge in [0.2, 0.25) is 5.91 Å². The Hall–Kier alpha value is -2.25. The second kappa shape index (κ2) is 7.29. The Morgan fingerprint density at radius 1 is 1.43 bits per heavy atom. The van der Waals surface area contributed by atoms with Gasteiger partial charge in [0.05, 0.1) is 11.1 Å². The third-order valence-electron chi connectivity index (χ3n) is 6.35. The van der Waals surface area contributed by atoms with Gasteiger partial charge in [-0.15, -0.1) is 0 Å². The molecule has 2 aliphatic rings. The van der Waals surface area contributed by atoms with Crippen molar-refractivity contribution < 1.29 is 13.9 Å². The molecule has 1 aromatic heterocycles. The van der Waals surface area contributed by atoms with Gasteiger partial charge in [0.25, 0.3) is 0 Å². The number of nitrogens with zero attached hydrogens (tertiary/aromatic N) is 1. The molecule has 150 valence electrons. The fourth-order valence-corrected chi connectivity index (χ4v) is 4.99. The van der Waals surface area contributed by atoms with E-state index in [1.165, 1.54) is 6.07 Å². The van der Waals surface area contributed by atoms with E-state index in [9.17, 15) is 14.0 Å². The molecule has 2 fully saturated rings. The number of aromatic amines is 1. The molecule has 1 saturated carbocycles. The molecular weight excluding hydrogens is 361 g/mol. The molecule has 1 aromatic carbocycles. The minimum absolute atomic E-state index is 0.0196. The van der Waals surface area contributed by atoms with Crippen LogP contribution in [0.4, 0.5) is 4.39 Å². The first-order valence-corrected chi connectivity index (χ1v) is 9.78. The van der Waals surface area contributed by atoms with Crippen LogP contribution >= 0.6 is 0 Å². The van der Waals surface area contributed by atoms with Crippen molar-refractivity contribution in [2.24, 2.45) is 0 Å². The lowest BCUT2D eigenvalue weighted by atomic mass is 9.78. The molecule has 7 heteroatoms. The van der Waals surface area contributed by atoms with Crippen molar-refractivity contribution in [3.05, 3.63) is 46.0 Å². The number of benzene rings is 1. The number of carbonyl (C=O) groups excluding carboxylic acids is 1. The molecule has 0 unspecified atom stereocenters. The second-order valence-corrected chi connectivity index (χ2v) is 8.00. The van der Waals surface area contributed by atoms with Gasteiger partial charge in [-0.05, 0) is 37.8 Å². The van der Waals surface area contributed by atoms with Crippen LogP contribution in [-0.2, 0) is 16.1 Å². The van der Waals surface area contributed by atoms with Crippen LogP contribution in [0.15, 0.2) is 29.1 Å². The first-order valence-electron chi connectivity index (χ1n) is 9.78. The number of aromatic nitrogens is 1. The third-order valence-corrected chi connectivity index (χ3v) is 6.35. The average molecular weight is 387 g/mol. The lowest BCUT2D eigenvalue weighted by Crippen LogP contribution is -2.54. The molecule has 2 heterocycles. The molecule has 2 N–H and O–H groups in total. The Bertz CT molecular complexity index is 960. The van der Waals surface area contributed by atoms with Crippen molar-refractivity contribution in [3.8, 4) is 0 Å². The van der Waals surface area contributed by atoms with Gasteiger partial charge in [-0.2, -0.15) is 0 Å². The van der Waals surface area contributed by atoms with Crippen LogP contribution in [0.1, 0.15) is 38.3 Å². The molecular formula is C21H26FN3O3. The molecule has 4 rings (SSSR count). The summed E-state index contributed by atoms with van der Waals surface area (Å²) < 4.78 is 20.1. The predicted octanol–water partition coefficient (Wildman–Crippen LogP) is 2.32. The van der Waals surface area contributed by atoms with Crippen LogP contribution in [0.3, 0.4) is 0 Å². The Labute approximate surface area is 163 Å². The smallest absolute Gasteiger partial charge is 0.217 e. The first-order chi connectivity index (χ1) is 13.4. The fourth-order valence-electron chi connectivity index (χ4n) is 4.99. The van der Waals surface area contributed by atoms with Crippen molar-refractivity contribution in [3.63, 3.8) is 0 Å². The third kappa shape index (κ3) is 3.33. The highest BCUT2D eigenvalue weighted by Crippen LogP contribution is 2.42. The number of halogens is 1. The normalized spacial score (nSPS) is 27.7. The Morgan fingerprint density at radius 2 is 2.25 bits per heavy atom. The topological polar surface area (TPSA) is 74.4 Å². The molecule has 1 amide bonds. The van der Waals surface area contributed by atoms with Crippen molar-refractivity contribution in [1.82, 2.24) is 15.2 Å². The summed E-state index contributed by atoms with van der Waals surface area (Å²) in [6.07, 6.45) is 3.50. The number of amides is 1. The summed E-state index contributed by atoms with van der Waals surface area (Å²) in [5.74, 6) is -0.443. The average Bonchev–Trinajstić information content (AvgIpc) is 3.01. The van der Waals surface area contributed by atoms with E-state index < -0.39 is 5.82 Å². The molecule has 0 bridgehead atoms. The van der Waals surface area contributed by atoms with E-state index >= 15 is 0 Å². The van der Waals surface area contributed by atoms with Gasteiger partial charge < -0.3 is 15.0 Å². The molecule has 2 aromatic rings. The molecule has 28 heavy (non-hydrogen) atoms. The summed E-state index contributed by atoms with van der Waals surface area (Å²) in [6.45, 7) is 2.89. The zero-order valence-electron chi connectivity index (χ0n) is 16.3. The molecule has 1 aliphatic carbocycles.